The molecule has 0 aromatic rings. The maximum absolute atomic E-state index is 3.57. The van der Waals surface area contributed by atoms with Gasteiger partial charge in [0, 0.05) is 20.0 Å². The van der Waals surface area contributed by atoms with Gasteiger partial charge in [-0.15, -0.1) is 0 Å². The number of hydrogen-bond donors (Lipinski definition) is 0. The molecule has 0 unspecified atom stereocenters. The van der Waals surface area contributed by atoms with Gasteiger partial charge < -0.3 is 0 Å². The van der Waals surface area contributed by atoms with Crippen LogP contribution >= 0.6 is 0 Å². The Morgan fingerprint density at radius 2 is 2.25 bits per heavy atom. The second-order valence-corrected chi connectivity index (χ2v) is 1.29. The van der Waals surface area contributed by atoms with E-state index in [9.17, 15) is 0 Å². The summed E-state index contributed by atoms with van der Waals surface area (Å²) >= 11 is 0. The van der Waals surface area contributed by atoms with Crippen molar-refractivity contribution in [3.63, 3.8) is 0 Å². The fourth-order valence-corrected chi connectivity index (χ4v) is 0.233. The smallest absolute Gasteiger partial charge is 0.0296 e. The molecule has 44 valence electrons. The minimum absolute atomic E-state index is 1.60. The van der Waals surface area contributed by atoms with Crippen LogP contribution in [0.1, 0.15) is 0 Å². The second-order valence-electron chi connectivity index (χ2n) is 1.29. The molecule has 2 nitrogen and oxygen atoms in total. The first-order valence-corrected chi connectivity index (χ1v) is 2.30. The zero-order valence-electron chi connectivity index (χ0n) is 5.04. The van der Waals surface area contributed by atoms with E-state index < -0.39 is 0 Å². The summed E-state index contributed by atoms with van der Waals surface area (Å²) in [7, 11) is 1.80. The van der Waals surface area contributed by atoms with Crippen molar-refractivity contribution in [2.45, 2.75) is 0 Å². The number of rotatable bonds is 3. The van der Waals surface area contributed by atoms with E-state index >= 15 is 0 Å². The van der Waals surface area contributed by atoms with Crippen LogP contribution in [0, 0.1) is 0 Å². The van der Waals surface area contributed by atoms with Gasteiger partial charge in [0.15, 0.2) is 0 Å². The van der Waals surface area contributed by atoms with Gasteiger partial charge in [0.2, 0.25) is 0 Å². The van der Waals surface area contributed by atoms with Crippen molar-refractivity contribution in [2.75, 3.05) is 7.05 Å². The molecule has 0 fully saturated rings. The number of allylic oxidation sites excluding steroid dienone is 2. The summed E-state index contributed by atoms with van der Waals surface area (Å²) in [6.07, 6.45) is 5.23. The van der Waals surface area contributed by atoms with Crippen molar-refractivity contribution < 1.29 is 0 Å². The molecule has 0 aromatic carbocycles. The Labute approximate surface area is 49.8 Å². The van der Waals surface area contributed by atoms with Gasteiger partial charge in [-0.05, 0) is 6.08 Å². The first-order valence-electron chi connectivity index (χ1n) is 2.30. The Bertz CT molecular complexity index is 105. The molecule has 0 aliphatic heterocycles. The van der Waals surface area contributed by atoms with Gasteiger partial charge in [0.25, 0.3) is 0 Å². The molecule has 0 saturated carbocycles. The van der Waals surface area contributed by atoms with Gasteiger partial charge in [-0.1, -0.05) is 12.7 Å². The van der Waals surface area contributed by atoms with Crippen molar-refractivity contribution in [2.24, 2.45) is 5.10 Å². The van der Waals surface area contributed by atoms with Gasteiger partial charge in [-0.3, -0.25) is 5.01 Å². The molecule has 2 heteroatoms. The molecule has 0 heterocycles. The van der Waals surface area contributed by atoms with Crippen LogP contribution in [0.5, 0.6) is 0 Å². The third kappa shape index (κ3) is 3.15. The molecule has 0 N–H and O–H groups in total. The molecule has 0 amide bonds. The maximum atomic E-state index is 3.57. The Morgan fingerprint density at radius 1 is 1.62 bits per heavy atom. The van der Waals surface area contributed by atoms with Crippen LogP contribution in [0.25, 0.3) is 0 Å². The molecular formula is C6H10N2. The van der Waals surface area contributed by atoms with Gasteiger partial charge in [0.1, 0.15) is 0 Å². The average Bonchev–Trinajstić information content (AvgIpc) is 1.83. The van der Waals surface area contributed by atoms with Crippen molar-refractivity contribution in [3.8, 4) is 0 Å². The fourth-order valence-electron chi connectivity index (χ4n) is 0.233. The van der Waals surface area contributed by atoms with Crippen LogP contribution in [-0.2, 0) is 0 Å². The molecule has 0 rings (SSSR count). The normalized spacial score (nSPS) is 9.12. The third-order valence-electron chi connectivity index (χ3n) is 0.661. The maximum Gasteiger partial charge on any atom is 0.0296 e. The minimum atomic E-state index is 1.60. The molecule has 0 aliphatic carbocycles. The molecule has 0 radical (unpaired) electrons. The largest absolute Gasteiger partial charge is 0.276 e. The van der Waals surface area contributed by atoms with Crippen molar-refractivity contribution in [1.29, 1.82) is 0 Å². The highest BCUT2D eigenvalue weighted by Gasteiger charge is 1.73. The highest BCUT2D eigenvalue weighted by molar-refractivity contribution is 5.22. The van der Waals surface area contributed by atoms with Gasteiger partial charge in [-0.25, -0.2) is 0 Å². The quantitative estimate of drug-likeness (QED) is 0.303. The SMILES string of the molecule is C=CC=CN(C)N=C. The van der Waals surface area contributed by atoms with E-state index in [0.717, 1.165) is 0 Å². The monoisotopic (exact) mass is 110 g/mol. The number of nitrogens with zero attached hydrogens (tertiary/aromatic N) is 2. The Kier molecular flexibility index (Phi) is 3.58. The summed E-state index contributed by atoms with van der Waals surface area (Å²) in [5, 5.41) is 5.17. The topological polar surface area (TPSA) is 15.6 Å². The zero-order valence-corrected chi connectivity index (χ0v) is 5.04. The molecule has 0 atom stereocenters. The Morgan fingerprint density at radius 3 is 2.62 bits per heavy atom. The van der Waals surface area contributed by atoms with E-state index in [0.29, 0.717) is 0 Å². The summed E-state index contributed by atoms with van der Waals surface area (Å²) in [6.45, 7) is 6.80. The first-order chi connectivity index (χ1) is 3.81. The summed E-state index contributed by atoms with van der Waals surface area (Å²) in [4.78, 5) is 0. The van der Waals surface area contributed by atoms with Crippen LogP contribution in [-0.4, -0.2) is 18.8 Å². The van der Waals surface area contributed by atoms with Gasteiger partial charge in [0.05, 0.1) is 0 Å². The van der Waals surface area contributed by atoms with Crippen LogP contribution in [0.15, 0.2) is 30.0 Å². The Balaban J connectivity index is 3.50. The second kappa shape index (κ2) is 4.12. The molecular weight excluding hydrogens is 100 g/mol. The summed E-state index contributed by atoms with van der Waals surface area (Å²) in [6, 6.07) is 0. The fraction of sp³-hybridized carbons (Fsp3) is 0.167. The molecule has 0 bridgehead atoms. The Hall–Kier alpha value is -1.05. The molecule has 0 aliphatic rings. The van der Waals surface area contributed by atoms with Gasteiger partial charge >= 0.3 is 0 Å². The predicted octanol–water partition coefficient (Wildman–Crippen LogP) is 1.23. The lowest BCUT2D eigenvalue weighted by molar-refractivity contribution is 0.495. The first kappa shape index (κ1) is 6.95. The minimum Gasteiger partial charge on any atom is -0.276 e. The lowest BCUT2D eigenvalue weighted by Crippen LogP contribution is -1.97. The van der Waals surface area contributed by atoms with Crippen molar-refractivity contribution >= 4 is 6.72 Å². The molecule has 0 spiro atoms. The van der Waals surface area contributed by atoms with Crippen molar-refractivity contribution in [3.05, 3.63) is 24.9 Å². The number of hydrogen-bond acceptors (Lipinski definition) is 2. The van der Waals surface area contributed by atoms with E-state index in [-0.39, 0.29) is 0 Å². The van der Waals surface area contributed by atoms with E-state index in [4.69, 9.17) is 0 Å². The number of hydrazone groups is 1. The standard InChI is InChI=1S/C6H10N2/c1-4-5-6-8(3)7-2/h4-6H,1-2H2,3H3. The lowest BCUT2D eigenvalue weighted by Gasteiger charge is -2.01. The van der Waals surface area contributed by atoms with Crippen LogP contribution in [0.4, 0.5) is 0 Å². The third-order valence-corrected chi connectivity index (χ3v) is 0.661. The lowest BCUT2D eigenvalue weighted by atomic mass is 10.6. The highest BCUT2D eigenvalue weighted by atomic mass is 15.4. The zero-order chi connectivity index (χ0) is 6.41. The van der Waals surface area contributed by atoms with E-state index in [1.807, 2.05) is 0 Å². The van der Waals surface area contributed by atoms with Gasteiger partial charge in [-0.2, -0.15) is 5.10 Å². The molecule has 0 saturated heterocycles. The molecule has 0 aromatic heterocycles. The van der Waals surface area contributed by atoms with E-state index in [1.54, 1.807) is 30.4 Å². The summed E-state index contributed by atoms with van der Waals surface area (Å²) in [5.41, 5.74) is 0. The van der Waals surface area contributed by atoms with E-state index in [1.165, 1.54) is 0 Å². The predicted molar refractivity (Wildman–Crippen MR) is 36.6 cm³/mol. The van der Waals surface area contributed by atoms with Crippen LogP contribution in [0.2, 0.25) is 0 Å². The summed E-state index contributed by atoms with van der Waals surface area (Å²) < 4.78 is 0. The molecule has 8 heavy (non-hydrogen) atoms. The highest BCUT2D eigenvalue weighted by Crippen LogP contribution is 1.81. The van der Waals surface area contributed by atoms with E-state index in [2.05, 4.69) is 18.4 Å². The van der Waals surface area contributed by atoms with Crippen molar-refractivity contribution in [1.82, 2.24) is 5.01 Å². The van der Waals surface area contributed by atoms with Crippen LogP contribution in [0.3, 0.4) is 0 Å². The average molecular weight is 110 g/mol. The van der Waals surface area contributed by atoms with Crippen LogP contribution < -0.4 is 0 Å². The summed E-state index contributed by atoms with van der Waals surface area (Å²) in [5.74, 6) is 0.